The summed E-state index contributed by atoms with van der Waals surface area (Å²) in [5.41, 5.74) is 4.72. The van der Waals surface area contributed by atoms with E-state index < -0.39 is 0 Å². The first kappa shape index (κ1) is 18.8. The summed E-state index contributed by atoms with van der Waals surface area (Å²) >= 11 is 7.94. The highest BCUT2D eigenvalue weighted by molar-refractivity contribution is 7.98. The Balaban J connectivity index is 1.67. The number of benzene rings is 3. The van der Waals surface area contributed by atoms with Crippen LogP contribution in [0.4, 0.5) is 0 Å². The first-order valence-electron chi connectivity index (χ1n) is 9.11. The van der Waals surface area contributed by atoms with Crippen LogP contribution in [0.15, 0.2) is 84.0 Å². The van der Waals surface area contributed by atoms with Crippen LogP contribution in [0.25, 0.3) is 5.69 Å². The van der Waals surface area contributed by atoms with Gasteiger partial charge in [-0.1, -0.05) is 89.6 Å². The maximum atomic E-state index is 6.26. The average Bonchev–Trinajstić information content (AvgIpc) is 3.10. The lowest BCUT2D eigenvalue weighted by Crippen LogP contribution is -2.04. The van der Waals surface area contributed by atoms with Crippen molar-refractivity contribution in [1.82, 2.24) is 14.8 Å². The zero-order valence-corrected chi connectivity index (χ0v) is 17.1. The summed E-state index contributed by atoms with van der Waals surface area (Å²) in [6, 6.07) is 26.7. The fraction of sp³-hybridized carbons (Fsp3) is 0.130. The Bertz CT molecular complexity index is 1080. The summed E-state index contributed by atoms with van der Waals surface area (Å²) in [5, 5.41) is 10.6. The highest BCUT2D eigenvalue weighted by atomic mass is 35.5. The van der Waals surface area contributed by atoms with Gasteiger partial charge >= 0.3 is 0 Å². The molecule has 0 N–H and O–H groups in total. The summed E-state index contributed by atoms with van der Waals surface area (Å²) < 4.78 is 2.11. The predicted molar refractivity (Wildman–Crippen MR) is 116 cm³/mol. The van der Waals surface area contributed by atoms with Gasteiger partial charge in [0.2, 0.25) is 0 Å². The monoisotopic (exact) mass is 405 g/mol. The zero-order chi connectivity index (χ0) is 19.3. The highest BCUT2D eigenvalue weighted by Crippen LogP contribution is 2.27. The van der Waals surface area contributed by atoms with Gasteiger partial charge in [-0.3, -0.25) is 4.57 Å². The lowest BCUT2D eigenvalue weighted by atomic mass is 10.1. The molecule has 5 heteroatoms. The number of halogens is 1. The Labute approximate surface area is 174 Å². The van der Waals surface area contributed by atoms with Crippen molar-refractivity contribution < 1.29 is 0 Å². The third kappa shape index (κ3) is 4.46. The molecule has 4 aromatic rings. The van der Waals surface area contributed by atoms with Crippen LogP contribution < -0.4 is 0 Å². The number of hydrogen-bond acceptors (Lipinski definition) is 3. The molecule has 28 heavy (non-hydrogen) atoms. The average molecular weight is 406 g/mol. The lowest BCUT2D eigenvalue weighted by Gasteiger charge is -2.11. The molecule has 0 saturated heterocycles. The van der Waals surface area contributed by atoms with Crippen molar-refractivity contribution in [2.24, 2.45) is 0 Å². The van der Waals surface area contributed by atoms with Crippen LogP contribution >= 0.6 is 23.4 Å². The van der Waals surface area contributed by atoms with Gasteiger partial charge < -0.3 is 0 Å². The molecular weight excluding hydrogens is 386 g/mol. The molecule has 0 radical (unpaired) electrons. The van der Waals surface area contributed by atoms with Crippen LogP contribution in [-0.4, -0.2) is 14.8 Å². The Morgan fingerprint density at radius 3 is 2.43 bits per heavy atom. The van der Waals surface area contributed by atoms with Crippen LogP contribution in [-0.2, 0) is 12.2 Å². The van der Waals surface area contributed by atoms with Gasteiger partial charge in [0.25, 0.3) is 0 Å². The van der Waals surface area contributed by atoms with Crippen LogP contribution in [0.2, 0.25) is 5.02 Å². The van der Waals surface area contributed by atoms with Gasteiger partial charge in [-0.2, -0.15) is 0 Å². The molecule has 0 unspecified atom stereocenters. The molecule has 0 aliphatic heterocycles. The van der Waals surface area contributed by atoms with E-state index in [2.05, 4.69) is 58.1 Å². The molecule has 4 rings (SSSR count). The summed E-state index contributed by atoms with van der Waals surface area (Å²) in [6.45, 7) is 2.11. The van der Waals surface area contributed by atoms with Crippen LogP contribution in [0.3, 0.4) is 0 Å². The van der Waals surface area contributed by atoms with E-state index in [0.717, 1.165) is 22.4 Å². The third-order valence-electron chi connectivity index (χ3n) is 4.42. The zero-order valence-electron chi connectivity index (χ0n) is 15.5. The maximum Gasteiger partial charge on any atom is 0.196 e. The first-order chi connectivity index (χ1) is 13.7. The number of thioether (sulfide) groups is 1. The van der Waals surface area contributed by atoms with E-state index in [0.29, 0.717) is 11.4 Å². The largest absolute Gasteiger partial charge is 0.274 e. The van der Waals surface area contributed by atoms with Crippen molar-refractivity contribution in [2.75, 3.05) is 0 Å². The minimum atomic E-state index is 0.700. The van der Waals surface area contributed by atoms with E-state index in [1.165, 1.54) is 16.7 Å². The smallest absolute Gasteiger partial charge is 0.196 e. The molecule has 0 aliphatic rings. The minimum Gasteiger partial charge on any atom is -0.274 e. The van der Waals surface area contributed by atoms with Crippen LogP contribution in [0, 0.1) is 6.92 Å². The molecule has 1 aromatic heterocycles. The summed E-state index contributed by atoms with van der Waals surface area (Å²) in [4.78, 5) is 0. The SMILES string of the molecule is Cc1cccc(CSc2nnc(Cc3ccccc3)n2-c2cccc(Cl)c2)c1. The topological polar surface area (TPSA) is 30.7 Å². The van der Waals surface area contributed by atoms with E-state index in [9.17, 15) is 0 Å². The van der Waals surface area contributed by atoms with Crippen molar-refractivity contribution in [1.29, 1.82) is 0 Å². The highest BCUT2D eigenvalue weighted by Gasteiger charge is 2.15. The number of nitrogens with zero attached hydrogens (tertiary/aromatic N) is 3. The molecule has 0 spiro atoms. The molecule has 0 saturated carbocycles. The van der Waals surface area contributed by atoms with Gasteiger partial charge in [0.15, 0.2) is 5.16 Å². The van der Waals surface area contributed by atoms with Crippen molar-refractivity contribution in [3.05, 3.63) is 106 Å². The minimum absolute atomic E-state index is 0.700. The van der Waals surface area contributed by atoms with Gasteiger partial charge in [0.1, 0.15) is 5.82 Å². The maximum absolute atomic E-state index is 6.26. The Hall–Kier alpha value is -2.56. The predicted octanol–water partition coefficient (Wildman–Crippen LogP) is 6.11. The van der Waals surface area contributed by atoms with E-state index in [1.807, 2.05) is 42.5 Å². The number of aryl methyl sites for hydroxylation is 1. The fourth-order valence-electron chi connectivity index (χ4n) is 3.11. The molecule has 3 aromatic carbocycles. The van der Waals surface area contributed by atoms with Crippen molar-refractivity contribution in [3.8, 4) is 5.69 Å². The normalized spacial score (nSPS) is 10.9. The molecule has 140 valence electrons. The Morgan fingerprint density at radius 2 is 1.64 bits per heavy atom. The molecule has 0 aliphatic carbocycles. The summed E-state index contributed by atoms with van der Waals surface area (Å²) in [6.07, 6.45) is 0.714. The Morgan fingerprint density at radius 1 is 0.857 bits per heavy atom. The van der Waals surface area contributed by atoms with Crippen molar-refractivity contribution in [3.63, 3.8) is 0 Å². The molecule has 0 amide bonds. The van der Waals surface area contributed by atoms with E-state index >= 15 is 0 Å². The second-order valence-electron chi connectivity index (χ2n) is 6.65. The second-order valence-corrected chi connectivity index (χ2v) is 8.03. The summed E-state index contributed by atoms with van der Waals surface area (Å²) in [7, 11) is 0. The number of hydrogen-bond donors (Lipinski definition) is 0. The van der Waals surface area contributed by atoms with E-state index in [4.69, 9.17) is 11.6 Å². The fourth-order valence-corrected chi connectivity index (χ4v) is 4.21. The molecule has 0 atom stereocenters. The number of aromatic nitrogens is 3. The van der Waals surface area contributed by atoms with Gasteiger partial charge in [0.05, 0.1) is 5.69 Å². The molecule has 3 nitrogen and oxygen atoms in total. The summed E-state index contributed by atoms with van der Waals surface area (Å²) in [5.74, 6) is 1.74. The van der Waals surface area contributed by atoms with E-state index in [1.54, 1.807) is 11.8 Å². The van der Waals surface area contributed by atoms with Gasteiger partial charge in [-0.05, 0) is 36.2 Å². The molecule has 0 fully saturated rings. The Kier molecular flexibility index (Phi) is 5.79. The van der Waals surface area contributed by atoms with E-state index in [-0.39, 0.29) is 0 Å². The van der Waals surface area contributed by atoms with Gasteiger partial charge in [-0.15, -0.1) is 10.2 Å². The van der Waals surface area contributed by atoms with Crippen LogP contribution in [0.5, 0.6) is 0 Å². The standard InChI is InChI=1S/C23H20ClN3S/c1-17-7-5-10-19(13-17)16-28-23-26-25-22(14-18-8-3-2-4-9-18)27(23)21-12-6-11-20(24)15-21/h2-13,15H,14,16H2,1H3. The molecular formula is C23H20ClN3S. The third-order valence-corrected chi connectivity index (χ3v) is 5.66. The molecule has 1 heterocycles. The first-order valence-corrected chi connectivity index (χ1v) is 10.5. The molecule has 0 bridgehead atoms. The van der Waals surface area contributed by atoms with Gasteiger partial charge in [0, 0.05) is 17.2 Å². The van der Waals surface area contributed by atoms with Gasteiger partial charge in [-0.25, -0.2) is 0 Å². The number of rotatable bonds is 6. The quantitative estimate of drug-likeness (QED) is 0.362. The van der Waals surface area contributed by atoms with Crippen molar-refractivity contribution >= 4 is 23.4 Å². The van der Waals surface area contributed by atoms with Crippen molar-refractivity contribution in [2.45, 2.75) is 24.3 Å². The second kappa shape index (κ2) is 8.63. The van der Waals surface area contributed by atoms with Crippen LogP contribution in [0.1, 0.15) is 22.5 Å². The lowest BCUT2D eigenvalue weighted by molar-refractivity contribution is 0.848.